The zero-order chi connectivity index (χ0) is 25.3. The highest BCUT2D eigenvalue weighted by Gasteiger charge is 2.38. The third kappa shape index (κ3) is 5.57. The molecule has 0 amide bonds. The Kier molecular flexibility index (Phi) is 7.00. The van der Waals surface area contributed by atoms with Crippen LogP contribution in [0.3, 0.4) is 0 Å². The van der Waals surface area contributed by atoms with E-state index < -0.39 is 12.1 Å². The molecule has 2 heterocycles. The van der Waals surface area contributed by atoms with Gasteiger partial charge >= 0.3 is 12.1 Å². The summed E-state index contributed by atoms with van der Waals surface area (Å²) in [5, 5.41) is 26.0. The molecule has 0 spiro atoms. The lowest BCUT2D eigenvalue weighted by Gasteiger charge is -2.36. The van der Waals surface area contributed by atoms with Crippen LogP contribution in [0.4, 0.5) is 18.9 Å². The number of carboxylic acid groups (broad SMARTS) is 1. The number of hydrogen-bond donors (Lipinski definition) is 3. The number of hydrogen-bond acceptors (Lipinski definition) is 6. The van der Waals surface area contributed by atoms with Gasteiger partial charge in [0.05, 0.1) is 18.3 Å². The molecular formula is C23H23ClF3N5O3. The van der Waals surface area contributed by atoms with Gasteiger partial charge in [0.15, 0.2) is 0 Å². The van der Waals surface area contributed by atoms with E-state index in [0.717, 1.165) is 54.5 Å². The molecule has 5 rings (SSSR count). The molecule has 0 fully saturated rings. The Labute approximate surface area is 203 Å². The molecule has 2 atom stereocenters. The zero-order valence-corrected chi connectivity index (χ0v) is 19.2. The predicted molar refractivity (Wildman–Crippen MR) is 123 cm³/mol. The number of halogens is 4. The number of carboxylic acids is 1. The van der Waals surface area contributed by atoms with Crippen LogP contribution in [0.15, 0.2) is 36.0 Å². The van der Waals surface area contributed by atoms with Crippen LogP contribution < -0.4 is 5.73 Å². The number of anilines is 1. The number of aryl methyl sites for hydroxylation is 1. The van der Waals surface area contributed by atoms with Crippen LogP contribution in [0.5, 0.6) is 0 Å². The van der Waals surface area contributed by atoms with Crippen molar-refractivity contribution in [1.82, 2.24) is 20.0 Å². The smallest absolute Gasteiger partial charge is 0.475 e. The number of carbonyl (C=O) groups is 1. The number of aliphatic carboxylic acids is 1. The van der Waals surface area contributed by atoms with E-state index in [1.165, 1.54) is 11.1 Å². The Bertz CT molecular complexity index is 1290. The number of benzene rings is 1. The second-order valence-electron chi connectivity index (χ2n) is 8.66. The zero-order valence-electron chi connectivity index (χ0n) is 18.5. The quantitative estimate of drug-likeness (QED) is 0.448. The molecule has 2 aliphatic carbocycles. The van der Waals surface area contributed by atoms with Crippen molar-refractivity contribution in [3.63, 3.8) is 0 Å². The average Bonchev–Trinajstić information content (AvgIpc) is 3.25. The first kappa shape index (κ1) is 24.9. The number of aliphatic hydroxyl groups excluding tert-OH is 1. The van der Waals surface area contributed by atoms with Crippen LogP contribution in [0.25, 0.3) is 10.9 Å². The lowest BCUT2D eigenvalue weighted by molar-refractivity contribution is -0.192. The van der Waals surface area contributed by atoms with Gasteiger partial charge in [0.1, 0.15) is 5.69 Å². The van der Waals surface area contributed by atoms with Gasteiger partial charge in [-0.15, -0.1) is 5.10 Å². The van der Waals surface area contributed by atoms with Crippen molar-refractivity contribution in [1.29, 1.82) is 0 Å². The van der Waals surface area contributed by atoms with Gasteiger partial charge in [-0.05, 0) is 55.7 Å². The van der Waals surface area contributed by atoms with Crippen molar-refractivity contribution < 1.29 is 28.2 Å². The maximum absolute atomic E-state index is 10.6. The minimum Gasteiger partial charge on any atom is -0.475 e. The highest BCUT2D eigenvalue weighted by molar-refractivity contribution is 6.31. The van der Waals surface area contributed by atoms with E-state index in [0.29, 0.717) is 22.6 Å². The maximum Gasteiger partial charge on any atom is 0.490 e. The first-order chi connectivity index (χ1) is 16.5. The van der Waals surface area contributed by atoms with E-state index in [-0.39, 0.29) is 6.61 Å². The molecule has 35 heavy (non-hydrogen) atoms. The topological polar surface area (TPSA) is 127 Å². The third-order valence-electron chi connectivity index (χ3n) is 6.19. The fraction of sp³-hybridized carbons (Fsp3) is 0.391. The number of allylic oxidation sites excluding steroid dienone is 2. The Morgan fingerprint density at radius 3 is 2.69 bits per heavy atom. The Hall–Kier alpha value is -3.18. The molecule has 4 N–H and O–H groups in total. The molecule has 2 unspecified atom stereocenters. The number of pyridine rings is 1. The molecule has 12 heteroatoms. The van der Waals surface area contributed by atoms with Gasteiger partial charge in [0.2, 0.25) is 0 Å². The Morgan fingerprint density at radius 2 is 2.03 bits per heavy atom. The van der Waals surface area contributed by atoms with Crippen LogP contribution in [0.1, 0.15) is 42.1 Å². The van der Waals surface area contributed by atoms with Crippen LogP contribution in [-0.4, -0.2) is 42.3 Å². The van der Waals surface area contributed by atoms with E-state index in [4.69, 9.17) is 37.3 Å². The lowest BCUT2D eigenvalue weighted by Crippen LogP contribution is -2.25. The molecule has 8 nitrogen and oxygen atoms in total. The van der Waals surface area contributed by atoms with Crippen molar-refractivity contribution in [3.05, 3.63) is 58.0 Å². The lowest BCUT2D eigenvalue weighted by atomic mass is 9.70. The number of nitrogen functional groups attached to an aromatic ring is 1. The summed E-state index contributed by atoms with van der Waals surface area (Å²) in [6, 6.07) is 5.76. The first-order valence-corrected chi connectivity index (χ1v) is 11.3. The summed E-state index contributed by atoms with van der Waals surface area (Å²) in [5.41, 5.74) is 12.8. The summed E-state index contributed by atoms with van der Waals surface area (Å²) < 4.78 is 33.5. The summed E-state index contributed by atoms with van der Waals surface area (Å²) >= 11 is 6.15. The van der Waals surface area contributed by atoms with Gasteiger partial charge in [-0.25, -0.2) is 4.79 Å². The summed E-state index contributed by atoms with van der Waals surface area (Å²) in [4.78, 5) is 13.8. The predicted octanol–water partition coefficient (Wildman–Crippen LogP) is 4.25. The van der Waals surface area contributed by atoms with Gasteiger partial charge in [-0.1, -0.05) is 28.5 Å². The number of nitrogens with zero attached hydrogens (tertiary/aromatic N) is 4. The molecule has 2 bridgehead atoms. The van der Waals surface area contributed by atoms with Gasteiger partial charge in [-0.2, -0.15) is 13.2 Å². The van der Waals surface area contributed by atoms with Gasteiger partial charge in [0.25, 0.3) is 0 Å². The first-order valence-electron chi connectivity index (χ1n) is 10.9. The van der Waals surface area contributed by atoms with Crippen LogP contribution in [-0.2, 0) is 24.4 Å². The largest absolute Gasteiger partial charge is 0.490 e. The summed E-state index contributed by atoms with van der Waals surface area (Å²) in [6.07, 6.45) is 3.16. The Balaban J connectivity index is 0.000000364. The highest BCUT2D eigenvalue weighted by Crippen LogP contribution is 2.47. The van der Waals surface area contributed by atoms with E-state index in [1.54, 1.807) is 10.9 Å². The number of nitrogens with two attached hydrogens (primary N) is 1. The monoisotopic (exact) mass is 509 g/mol. The maximum atomic E-state index is 10.6. The van der Waals surface area contributed by atoms with Crippen molar-refractivity contribution in [2.75, 3.05) is 5.73 Å². The van der Waals surface area contributed by atoms with Crippen LogP contribution in [0.2, 0.25) is 5.02 Å². The molecular weight excluding hydrogens is 487 g/mol. The van der Waals surface area contributed by atoms with Gasteiger partial charge in [0, 0.05) is 33.9 Å². The molecule has 2 aliphatic rings. The van der Waals surface area contributed by atoms with Crippen molar-refractivity contribution in [2.45, 2.75) is 50.9 Å². The summed E-state index contributed by atoms with van der Waals surface area (Å²) in [7, 11) is 0. The minimum atomic E-state index is -5.08. The molecule has 186 valence electrons. The molecule has 3 aromatic rings. The normalized spacial score (nSPS) is 18.9. The highest BCUT2D eigenvalue weighted by atomic mass is 35.5. The standard InChI is InChI=1S/C21H22ClN5O.C2HF3O2/c22-15-1-2-17-18(9-15)24-19-8-13-5-12(6-14(7-13)20(19)21(17)23)3-4-27-10-16(11-28)25-26-27;3-2(4,5)1(6)7/h1-2,5,9-10,13-14,28H,3-4,6-8,11H2,(H2,23,24);(H,6,7). The molecule has 2 aromatic heterocycles. The number of fused-ring (bicyclic) bond motifs is 5. The number of aromatic nitrogens is 4. The van der Waals surface area contributed by atoms with Crippen molar-refractivity contribution in [2.24, 2.45) is 5.92 Å². The summed E-state index contributed by atoms with van der Waals surface area (Å²) in [5.74, 6) is -1.83. The van der Waals surface area contributed by atoms with E-state index >= 15 is 0 Å². The average molecular weight is 510 g/mol. The van der Waals surface area contributed by atoms with Crippen molar-refractivity contribution >= 4 is 34.2 Å². The van der Waals surface area contributed by atoms with E-state index in [1.807, 2.05) is 18.2 Å². The molecule has 0 aliphatic heterocycles. The Morgan fingerprint density at radius 1 is 1.29 bits per heavy atom. The van der Waals surface area contributed by atoms with Crippen LogP contribution >= 0.6 is 11.6 Å². The molecule has 0 radical (unpaired) electrons. The number of aliphatic hydroxyl groups is 1. The number of rotatable bonds is 4. The molecule has 0 saturated heterocycles. The molecule has 0 saturated carbocycles. The SMILES string of the molecule is Nc1c2c(nc3cc(Cl)ccc13)CC1C=C(CCn3cc(CO)nn3)CC2C1.O=C(O)C(F)(F)F. The van der Waals surface area contributed by atoms with Crippen LogP contribution in [0, 0.1) is 5.92 Å². The van der Waals surface area contributed by atoms with E-state index in [2.05, 4.69) is 16.4 Å². The summed E-state index contributed by atoms with van der Waals surface area (Å²) in [6.45, 7) is 0.699. The molecule has 1 aromatic carbocycles. The van der Waals surface area contributed by atoms with E-state index in [9.17, 15) is 13.2 Å². The third-order valence-corrected chi connectivity index (χ3v) is 6.43. The second-order valence-corrected chi connectivity index (χ2v) is 9.09. The number of alkyl halides is 3. The fourth-order valence-electron chi connectivity index (χ4n) is 4.75. The fourth-order valence-corrected chi connectivity index (χ4v) is 4.92. The second kappa shape index (κ2) is 9.82. The minimum absolute atomic E-state index is 0.0743. The van der Waals surface area contributed by atoms with Gasteiger partial charge in [-0.3, -0.25) is 9.67 Å². The van der Waals surface area contributed by atoms with Crippen molar-refractivity contribution in [3.8, 4) is 0 Å². The van der Waals surface area contributed by atoms with Gasteiger partial charge < -0.3 is 15.9 Å².